The van der Waals surface area contributed by atoms with Crippen molar-refractivity contribution in [1.82, 2.24) is 5.32 Å². The third-order valence-corrected chi connectivity index (χ3v) is 6.26. The van der Waals surface area contributed by atoms with Gasteiger partial charge in [0.15, 0.2) is 0 Å². The molecule has 2 aromatic rings. The molecule has 8 nitrogen and oxygen atoms in total. The van der Waals surface area contributed by atoms with E-state index < -0.39 is 29.7 Å². The van der Waals surface area contributed by atoms with Crippen LogP contribution in [0.1, 0.15) is 65.4 Å². The van der Waals surface area contributed by atoms with Crippen molar-refractivity contribution < 1.29 is 29.0 Å². The second-order valence-corrected chi connectivity index (χ2v) is 10.7. The third kappa shape index (κ3) is 9.25. The molecule has 3 rings (SSSR count). The molecule has 38 heavy (non-hydrogen) atoms. The number of carboxylic acids is 1. The lowest BCUT2D eigenvalue weighted by Crippen LogP contribution is -2.42. The van der Waals surface area contributed by atoms with E-state index in [1.807, 2.05) is 81.5 Å². The molecule has 0 saturated heterocycles. The number of anilines is 1. The van der Waals surface area contributed by atoms with E-state index in [1.54, 1.807) is 6.92 Å². The molecule has 1 atom stereocenters. The first kappa shape index (κ1) is 28.8. The Morgan fingerprint density at radius 3 is 2.34 bits per heavy atom. The van der Waals surface area contributed by atoms with Crippen LogP contribution in [0.2, 0.25) is 0 Å². The zero-order valence-corrected chi connectivity index (χ0v) is 22.5. The average Bonchev–Trinajstić information content (AvgIpc) is 2.84. The van der Waals surface area contributed by atoms with Gasteiger partial charge in [-0.15, -0.1) is 0 Å². The first-order chi connectivity index (χ1) is 18.0. The Morgan fingerprint density at radius 1 is 1.03 bits per heavy atom. The average molecular weight is 523 g/mol. The van der Waals surface area contributed by atoms with Crippen LogP contribution in [0.5, 0.6) is 0 Å². The Bertz CT molecular complexity index is 1130. The number of benzene rings is 2. The Morgan fingerprint density at radius 2 is 1.71 bits per heavy atom. The predicted molar refractivity (Wildman–Crippen MR) is 148 cm³/mol. The zero-order chi connectivity index (χ0) is 27.7. The monoisotopic (exact) mass is 522 g/mol. The molecule has 1 unspecified atom stereocenters. The van der Waals surface area contributed by atoms with E-state index in [2.05, 4.69) is 10.6 Å². The zero-order valence-electron chi connectivity index (χ0n) is 22.5. The van der Waals surface area contributed by atoms with Crippen molar-refractivity contribution in [3.05, 3.63) is 60.2 Å². The first-order valence-corrected chi connectivity index (χ1v) is 13.1. The van der Waals surface area contributed by atoms with Crippen LogP contribution in [-0.4, -0.2) is 41.0 Å². The Labute approximate surface area is 224 Å². The lowest BCUT2D eigenvalue weighted by Gasteiger charge is -2.30. The molecule has 3 N–H and O–H groups in total. The topological polar surface area (TPSA) is 114 Å². The number of rotatable bonds is 8. The largest absolute Gasteiger partial charge is 0.481 e. The maximum Gasteiger partial charge on any atom is 0.411 e. The summed E-state index contributed by atoms with van der Waals surface area (Å²) in [5, 5.41) is 14.9. The summed E-state index contributed by atoms with van der Waals surface area (Å²) in [5.41, 5.74) is 2.70. The van der Waals surface area contributed by atoms with Crippen molar-refractivity contribution in [2.45, 2.75) is 77.5 Å². The van der Waals surface area contributed by atoms with Gasteiger partial charge in [0.1, 0.15) is 11.7 Å². The summed E-state index contributed by atoms with van der Waals surface area (Å²) in [5.74, 6) is -1.31. The van der Waals surface area contributed by atoms with Crippen molar-refractivity contribution in [3.8, 4) is 11.1 Å². The van der Waals surface area contributed by atoms with Gasteiger partial charge in [0.05, 0.1) is 11.6 Å². The Hall–Kier alpha value is -3.81. The van der Waals surface area contributed by atoms with Gasteiger partial charge in [-0.05, 0) is 70.1 Å². The minimum Gasteiger partial charge on any atom is -0.481 e. The SMILES string of the molecule is CC(CC=Cc1ccc(-c2ccccc2)c(NC(=O)O[C@H]2CC[C@H](NC(=O)OC(C)(C)C)CC2)c1)C(=O)O. The maximum atomic E-state index is 12.9. The summed E-state index contributed by atoms with van der Waals surface area (Å²) in [6.07, 6.45) is 5.55. The number of carbonyl (C=O) groups is 3. The molecule has 0 aromatic heterocycles. The smallest absolute Gasteiger partial charge is 0.411 e. The van der Waals surface area contributed by atoms with Crippen LogP contribution < -0.4 is 10.6 Å². The van der Waals surface area contributed by atoms with Gasteiger partial charge in [-0.3, -0.25) is 10.1 Å². The minimum absolute atomic E-state index is 0.00948. The quantitative estimate of drug-likeness (QED) is 0.349. The number of allylic oxidation sites excluding steroid dienone is 1. The van der Waals surface area contributed by atoms with Crippen molar-refractivity contribution in [2.75, 3.05) is 5.32 Å². The number of hydrogen-bond acceptors (Lipinski definition) is 5. The van der Waals surface area contributed by atoms with Crippen LogP contribution in [0.4, 0.5) is 15.3 Å². The summed E-state index contributed by atoms with van der Waals surface area (Å²) in [7, 11) is 0. The number of alkyl carbamates (subject to hydrolysis) is 1. The number of carboxylic acid groups (broad SMARTS) is 1. The fourth-order valence-electron chi connectivity index (χ4n) is 4.24. The summed E-state index contributed by atoms with van der Waals surface area (Å²) in [6.45, 7) is 7.14. The van der Waals surface area contributed by atoms with Crippen LogP contribution in [-0.2, 0) is 14.3 Å². The minimum atomic E-state index is -0.839. The molecule has 0 radical (unpaired) electrons. The maximum absolute atomic E-state index is 12.9. The van der Waals surface area contributed by atoms with E-state index in [1.165, 1.54) is 0 Å². The molecule has 0 aliphatic heterocycles. The van der Waals surface area contributed by atoms with Crippen LogP contribution in [0, 0.1) is 5.92 Å². The van der Waals surface area contributed by atoms with Gasteiger partial charge in [-0.2, -0.15) is 0 Å². The van der Waals surface area contributed by atoms with E-state index in [0.717, 1.165) is 16.7 Å². The van der Waals surface area contributed by atoms with Gasteiger partial charge >= 0.3 is 18.2 Å². The molecule has 2 aromatic carbocycles. The number of ether oxygens (including phenoxy) is 2. The molecule has 8 heteroatoms. The van der Waals surface area contributed by atoms with Crippen LogP contribution >= 0.6 is 0 Å². The Balaban J connectivity index is 1.62. The second kappa shape index (κ2) is 13.1. The van der Waals surface area contributed by atoms with E-state index in [-0.39, 0.29) is 12.1 Å². The van der Waals surface area contributed by atoms with E-state index in [9.17, 15) is 14.4 Å². The second-order valence-electron chi connectivity index (χ2n) is 10.7. The molecule has 0 spiro atoms. The molecule has 2 amide bonds. The summed E-state index contributed by atoms with van der Waals surface area (Å²) in [4.78, 5) is 36.0. The van der Waals surface area contributed by atoms with Gasteiger partial charge in [0.2, 0.25) is 0 Å². The van der Waals surface area contributed by atoms with Gasteiger partial charge in [-0.25, -0.2) is 9.59 Å². The van der Waals surface area contributed by atoms with Crippen LogP contribution in [0.15, 0.2) is 54.6 Å². The van der Waals surface area contributed by atoms with Crippen molar-refractivity contribution in [3.63, 3.8) is 0 Å². The molecule has 1 saturated carbocycles. The predicted octanol–water partition coefficient (Wildman–Crippen LogP) is 6.86. The highest BCUT2D eigenvalue weighted by Gasteiger charge is 2.27. The van der Waals surface area contributed by atoms with E-state index >= 15 is 0 Å². The highest BCUT2D eigenvalue weighted by atomic mass is 16.6. The van der Waals surface area contributed by atoms with Gasteiger partial charge in [0.25, 0.3) is 0 Å². The normalized spacial score (nSPS) is 18.4. The van der Waals surface area contributed by atoms with Crippen molar-refractivity contribution in [2.24, 2.45) is 5.92 Å². The van der Waals surface area contributed by atoms with Crippen molar-refractivity contribution >= 4 is 29.9 Å². The fraction of sp³-hybridized carbons (Fsp3) is 0.433. The number of hydrogen-bond donors (Lipinski definition) is 3. The van der Waals surface area contributed by atoms with Crippen LogP contribution in [0.25, 0.3) is 17.2 Å². The number of carbonyl (C=O) groups excluding carboxylic acids is 2. The molecular formula is C30H38N2O6. The highest BCUT2D eigenvalue weighted by Crippen LogP contribution is 2.30. The molecular weight excluding hydrogens is 484 g/mol. The third-order valence-electron chi connectivity index (χ3n) is 6.26. The van der Waals surface area contributed by atoms with E-state index in [4.69, 9.17) is 14.6 Å². The molecule has 1 aliphatic carbocycles. The number of aliphatic carboxylic acids is 1. The molecule has 0 bridgehead atoms. The fourth-order valence-corrected chi connectivity index (χ4v) is 4.24. The van der Waals surface area contributed by atoms with E-state index in [0.29, 0.717) is 37.8 Å². The molecule has 1 fully saturated rings. The first-order valence-electron chi connectivity index (χ1n) is 13.1. The number of amides is 2. The lowest BCUT2D eigenvalue weighted by molar-refractivity contribution is -0.140. The lowest BCUT2D eigenvalue weighted by atomic mass is 9.93. The van der Waals surface area contributed by atoms with Gasteiger partial charge in [0, 0.05) is 11.6 Å². The Kier molecular flexibility index (Phi) is 9.93. The standard InChI is InChI=1S/C30H38N2O6/c1-20(27(33)34)9-8-10-21-13-18-25(22-11-6-5-7-12-22)26(19-21)32-28(35)37-24-16-14-23(15-17-24)31-29(36)38-30(2,3)4/h5-8,10-13,18-20,23-24H,9,14-17H2,1-4H3,(H,31,36)(H,32,35)(H,33,34)/t20?,23-,24-. The molecule has 204 valence electrons. The highest BCUT2D eigenvalue weighted by molar-refractivity contribution is 5.92. The van der Waals surface area contributed by atoms with Gasteiger partial charge < -0.3 is 19.9 Å². The van der Waals surface area contributed by atoms with Gasteiger partial charge in [-0.1, -0.05) is 61.5 Å². The summed E-state index contributed by atoms with van der Waals surface area (Å²) in [6, 6.07) is 15.4. The molecule has 0 heterocycles. The summed E-state index contributed by atoms with van der Waals surface area (Å²) < 4.78 is 11.0. The van der Waals surface area contributed by atoms with Crippen LogP contribution in [0.3, 0.4) is 0 Å². The summed E-state index contributed by atoms with van der Waals surface area (Å²) >= 11 is 0. The van der Waals surface area contributed by atoms with Crippen molar-refractivity contribution in [1.29, 1.82) is 0 Å². The molecule has 1 aliphatic rings. The number of nitrogens with one attached hydrogen (secondary N) is 2.